The lowest BCUT2D eigenvalue weighted by Crippen LogP contribution is -2.20. The van der Waals surface area contributed by atoms with Crippen molar-refractivity contribution < 1.29 is 28.6 Å². The molecule has 0 spiro atoms. The first-order valence-electron chi connectivity index (χ1n) is 7.15. The zero-order chi connectivity index (χ0) is 16.2. The van der Waals surface area contributed by atoms with E-state index in [1.54, 1.807) is 30.3 Å². The van der Waals surface area contributed by atoms with E-state index in [0.29, 0.717) is 6.42 Å². The second-order valence-electron chi connectivity index (χ2n) is 4.41. The molecule has 0 amide bonds. The Hall–Kier alpha value is -2.21. The summed E-state index contributed by atoms with van der Waals surface area (Å²) in [4.78, 5) is 34.2. The van der Waals surface area contributed by atoms with Gasteiger partial charge in [-0.1, -0.05) is 37.3 Å². The van der Waals surface area contributed by atoms with Gasteiger partial charge in [-0.2, -0.15) is 0 Å². The van der Waals surface area contributed by atoms with E-state index in [0.717, 1.165) is 6.42 Å². The van der Waals surface area contributed by atoms with Crippen molar-refractivity contribution in [3.8, 4) is 0 Å². The Kier molecular flexibility index (Phi) is 8.52. The summed E-state index contributed by atoms with van der Waals surface area (Å²) < 4.78 is 14.8. The molecular formula is C16H20O6. The maximum atomic E-state index is 11.7. The number of ether oxygens (including phenoxy) is 3. The molecule has 0 aliphatic heterocycles. The molecule has 0 bridgehead atoms. The van der Waals surface area contributed by atoms with Crippen molar-refractivity contribution >= 4 is 17.7 Å². The maximum Gasteiger partial charge on any atom is 0.379 e. The molecule has 6 heteroatoms. The predicted octanol–water partition coefficient (Wildman–Crippen LogP) is 1.77. The molecule has 0 atom stereocenters. The van der Waals surface area contributed by atoms with E-state index >= 15 is 0 Å². The fourth-order valence-corrected chi connectivity index (χ4v) is 1.56. The molecule has 0 heterocycles. The van der Waals surface area contributed by atoms with Crippen LogP contribution in [0.1, 0.15) is 30.1 Å². The zero-order valence-corrected chi connectivity index (χ0v) is 12.6. The number of Topliss-reactive ketones (excluding diaryl/α,β-unsaturated/α-hetero) is 1. The Labute approximate surface area is 129 Å². The molecule has 22 heavy (non-hydrogen) atoms. The highest BCUT2D eigenvalue weighted by Gasteiger charge is 2.16. The summed E-state index contributed by atoms with van der Waals surface area (Å²) in [5.74, 6) is -1.86. The van der Waals surface area contributed by atoms with Crippen LogP contribution < -0.4 is 0 Å². The Morgan fingerprint density at radius 1 is 0.909 bits per heavy atom. The largest absolute Gasteiger partial charge is 0.463 e. The predicted molar refractivity (Wildman–Crippen MR) is 78.4 cm³/mol. The molecule has 0 aliphatic carbocycles. The van der Waals surface area contributed by atoms with E-state index in [1.165, 1.54) is 0 Å². The number of benzene rings is 1. The highest BCUT2D eigenvalue weighted by atomic mass is 16.6. The van der Waals surface area contributed by atoms with Crippen LogP contribution in [0.2, 0.25) is 0 Å². The SMILES string of the molecule is CCCC(=O)OCCOCCOC(=O)C(=O)c1ccccc1. The fourth-order valence-electron chi connectivity index (χ4n) is 1.56. The van der Waals surface area contributed by atoms with Crippen molar-refractivity contribution in [1.82, 2.24) is 0 Å². The fraction of sp³-hybridized carbons (Fsp3) is 0.438. The monoisotopic (exact) mass is 308 g/mol. The van der Waals surface area contributed by atoms with Crippen LogP contribution in [0.15, 0.2) is 30.3 Å². The van der Waals surface area contributed by atoms with Crippen LogP contribution in [0.3, 0.4) is 0 Å². The van der Waals surface area contributed by atoms with E-state index in [2.05, 4.69) is 0 Å². The van der Waals surface area contributed by atoms with Gasteiger partial charge < -0.3 is 14.2 Å². The molecule has 0 aliphatic rings. The number of rotatable bonds is 10. The van der Waals surface area contributed by atoms with Crippen molar-refractivity contribution in [2.45, 2.75) is 19.8 Å². The molecule has 1 aromatic rings. The van der Waals surface area contributed by atoms with Crippen molar-refractivity contribution in [2.75, 3.05) is 26.4 Å². The molecule has 1 rings (SSSR count). The number of carbonyl (C=O) groups is 3. The summed E-state index contributed by atoms with van der Waals surface area (Å²) in [6.07, 6.45) is 1.13. The summed E-state index contributed by atoms with van der Waals surface area (Å²) in [5, 5.41) is 0. The Morgan fingerprint density at radius 2 is 1.55 bits per heavy atom. The summed E-state index contributed by atoms with van der Waals surface area (Å²) in [6, 6.07) is 8.19. The van der Waals surface area contributed by atoms with Crippen LogP contribution in [0, 0.1) is 0 Å². The van der Waals surface area contributed by atoms with Gasteiger partial charge >= 0.3 is 11.9 Å². The summed E-state index contributed by atoms with van der Waals surface area (Å²) in [6.45, 7) is 2.39. The van der Waals surface area contributed by atoms with E-state index in [4.69, 9.17) is 14.2 Å². The lowest BCUT2D eigenvalue weighted by Gasteiger charge is -2.06. The quantitative estimate of drug-likeness (QED) is 0.284. The van der Waals surface area contributed by atoms with Gasteiger partial charge in [-0.05, 0) is 6.42 Å². The van der Waals surface area contributed by atoms with Crippen LogP contribution in [0.25, 0.3) is 0 Å². The topological polar surface area (TPSA) is 78.9 Å². The van der Waals surface area contributed by atoms with Gasteiger partial charge in [0.1, 0.15) is 13.2 Å². The molecule has 0 radical (unpaired) electrons. The van der Waals surface area contributed by atoms with E-state index in [1.807, 2.05) is 6.92 Å². The van der Waals surface area contributed by atoms with Gasteiger partial charge in [-0.3, -0.25) is 9.59 Å². The third kappa shape index (κ3) is 6.99. The Morgan fingerprint density at radius 3 is 2.18 bits per heavy atom. The van der Waals surface area contributed by atoms with Gasteiger partial charge in [-0.25, -0.2) is 4.79 Å². The second kappa shape index (κ2) is 10.5. The number of esters is 2. The van der Waals surface area contributed by atoms with Crippen LogP contribution in [0.5, 0.6) is 0 Å². The minimum Gasteiger partial charge on any atom is -0.463 e. The third-order valence-corrected chi connectivity index (χ3v) is 2.63. The van der Waals surface area contributed by atoms with E-state index in [9.17, 15) is 14.4 Å². The third-order valence-electron chi connectivity index (χ3n) is 2.63. The lowest BCUT2D eigenvalue weighted by molar-refractivity contribution is -0.145. The molecule has 0 unspecified atom stereocenters. The maximum absolute atomic E-state index is 11.7. The molecular weight excluding hydrogens is 288 g/mol. The molecule has 120 valence electrons. The molecule has 0 fully saturated rings. The molecule has 6 nitrogen and oxygen atoms in total. The molecule has 0 saturated heterocycles. The summed E-state index contributed by atoms with van der Waals surface area (Å²) in [5.41, 5.74) is 0.288. The van der Waals surface area contributed by atoms with Gasteiger partial charge in [-0.15, -0.1) is 0 Å². The molecule has 0 aromatic heterocycles. The van der Waals surface area contributed by atoms with Crippen molar-refractivity contribution in [1.29, 1.82) is 0 Å². The Bertz CT molecular complexity index is 483. The van der Waals surface area contributed by atoms with Crippen molar-refractivity contribution in [3.63, 3.8) is 0 Å². The van der Waals surface area contributed by atoms with E-state index in [-0.39, 0.29) is 38.0 Å². The number of carbonyl (C=O) groups excluding carboxylic acids is 3. The zero-order valence-electron chi connectivity index (χ0n) is 12.6. The molecule has 0 saturated carbocycles. The van der Waals surface area contributed by atoms with Gasteiger partial charge in [0.25, 0.3) is 5.78 Å². The van der Waals surface area contributed by atoms with Gasteiger partial charge in [0, 0.05) is 12.0 Å². The summed E-state index contributed by atoms with van der Waals surface area (Å²) in [7, 11) is 0. The minimum absolute atomic E-state index is 0.0275. The van der Waals surface area contributed by atoms with Crippen molar-refractivity contribution in [3.05, 3.63) is 35.9 Å². The smallest absolute Gasteiger partial charge is 0.379 e. The highest BCUT2D eigenvalue weighted by molar-refractivity contribution is 6.40. The first kappa shape index (κ1) is 17.8. The van der Waals surface area contributed by atoms with E-state index < -0.39 is 11.8 Å². The first-order valence-corrected chi connectivity index (χ1v) is 7.15. The number of ketones is 1. The van der Waals surface area contributed by atoms with Gasteiger partial charge in [0.2, 0.25) is 0 Å². The average molecular weight is 308 g/mol. The van der Waals surface area contributed by atoms with Gasteiger partial charge in [0.15, 0.2) is 0 Å². The second-order valence-corrected chi connectivity index (χ2v) is 4.41. The summed E-state index contributed by atoms with van der Waals surface area (Å²) >= 11 is 0. The minimum atomic E-state index is -0.913. The lowest BCUT2D eigenvalue weighted by atomic mass is 10.1. The number of hydrogen-bond donors (Lipinski definition) is 0. The highest BCUT2D eigenvalue weighted by Crippen LogP contribution is 2.01. The van der Waals surface area contributed by atoms with Crippen molar-refractivity contribution in [2.24, 2.45) is 0 Å². The first-order chi connectivity index (χ1) is 10.6. The van der Waals surface area contributed by atoms with Gasteiger partial charge in [0.05, 0.1) is 13.2 Å². The van der Waals surface area contributed by atoms with Crippen LogP contribution in [0.4, 0.5) is 0 Å². The van der Waals surface area contributed by atoms with Crippen LogP contribution >= 0.6 is 0 Å². The molecule has 0 N–H and O–H groups in total. The molecule has 1 aromatic carbocycles. The normalized spacial score (nSPS) is 10.0. The average Bonchev–Trinajstić information content (AvgIpc) is 2.54. The van der Waals surface area contributed by atoms with Crippen LogP contribution in [-0.4, -0.2) is 44.1 Å². The Balaban J connectivity index is 2.08. The standard InChI is InChI=1S/C16H20O6/c1-2-6-14(17)21-11-9-20-10-12-22-16(19)15(18)13-7-4-3-5-8-13/h3-5,7-8H,2,6,9-12H2,1H3. The van der Waals surface area contributed by atoms with Crippen LogP contribution in [-0.2, 0) is 23.8 Å². The number of hydrogen-bond acceptors (Lipinski definition) is 6.